The van der Waals surface area contributed by atoms with Crippen LogP contribution in [-0.2, 0) is 0 Å². The molecule has 0 aromatic rings. The maximum absolute atomic E-state index is 11.9. The molecule has 4 heteroatoms. The minimum Gasteiger partial charge on any atom is -0.214 e. The molecule has 60 valence electrons. The highest BCUT2D eigenvalue weighted by Crippen LogP contribution is 2.24. The van der Waals surface area contributed by atoms with E-state index in [9.17, 15) is 13.2 Å². The molecule has 0 saturated carbocycles. The van der Waals surface area contributed by atoms with Crippen LogP contribution >= 0.6 is 0 Å². The Morgan fingerprint density at radius 1 is 0.900 bits per heavy atom. The molecule has 0 radical (unpaired) electrons. The summed E-state index contributed by atoms with van der Waals surface area (Å²) in [4.78, 5) is 0.580. The lowest BCUT2D eigenvalue weighted by Crippen LogP contribution is -2.41. The molecular weight excluding hydrogens is 143 g/mol. The van der Waals surface area contributed by atoms with Crippen LogP contribution in [0.15, 0.2) is 0 Å². The quantitative estimate of drug-likeness (QED) is 0.481. The third-order valence-corrected chi connectivity index (χ3v) is 1.71. The van der Waals surface area contributed by atoms with Crippen molar-refractivity contribution in [3.05, 3.63) is 0 Å². The fraction of sp³-hybridized carbons (Fsp3) is 1.00. The number of hydrogen-bond acceptors (Lipinski definition) is 1. The maximum Gasteiger partial charge on any atom is 0.459 e. The lowest BCUT2D eigenvalue weighted by atomic mass is 10.1. The molecule has 0 aromatic carbocycles. The van der Waals surface area contributed by atoms with Gasteiger partial charge in [0.2, 0.25) is 0 Å². The molecule has 0 amide bonds. The average molecular weight is 153 g/mol. The SMILES string of the molecule is FC(F)(F)N1CCCCC1. The van der Waals surface area contributed by atoms with Crippen molar-refractivity contribution in [1.29, 1.82) is 0 Å². The molecule has 0 N–H and O–H groups in total. The van der Waals surface area contributed by atoms with E-state index in [1.807, 2.05) is 0 Å². The first kappa shape index (κ1) is 7.85. The third kappa shape index (κ3) is 1.87. The lowest BCUT2D eigenvalue weighted by molar-refractivity contribution is -0.249. The van der Waals surface area contributed by atoms with E-state index in [2.05, 4.69) is 0 Å². The second-order valence-electron chi connectivity index (χ2n) is 2.52. The van der Waals surface area contributed by atoms with E-state index >= 15 is 0 Å². The van der Waals surface area contributed by atoms with E-state index in [4.69, 9.17) is 0 Å². The first-order chi connectivity index (χ1) is 4.61. The maximum atomic E-state index is 11.9. The summed E-state index contributed by atoms with van der Waals surface area (Å²) in [6.07, 6.45) is -1.80. The Bertz CT molecular complexity index is 104. The molecule has 1 saturated heterocycles. The predicted molar refractivity (Wildman–Crippen MR) is 31.5 cm³/mol. The predicted octanol–water partition coefficient (Wildman–Crippen LogP) is 1.99. The summed E-state index contributed by atoms with van der Waals surface area (Å²) in [5.41, 5.74) is 0. The largest absolute Gasteiger partial charge is 0.459 e. The average Bonchev–Trinajstić information content (AvgIpc) is 1.88. The van der Waals surface area contributed by atoms with Gasteiger partial charge in [-0.3, -0.25) is 0 Å². The van der Waals surface area contributed by atoms with Gasteiger partial charge in [0.05, 0.1) is 0 Å². The van der Waals surface area contributed by atoms with Gasteiger partial charge in [-0.05, 0) is 12.8 Å². The second-order valence-corrected chi connectivity index (χ2v) is 2.52. The molecule has 0 atom stereocenters. The summed E-state index contributed by atoms with van der Waals surface area (Å²) in [5.74, 6) is 0. The van der Waals surface area contributed by atoms with Crippen molar-refractivity contribution in [3.8, 4) is 0 Å². The van der Waals surface area contributed by atoms with Crippen LogP contribution in [0.25, 0.3) is 0 Å². The van der Waals surface area contributed by atoms with Crippen molar-refractivity contribution in [1.82, 2.24) is 4.90 Å². The Morgan fingerprint density at radius 3 is 1.70 bits per heavy atom. The van der Waals surface area contributed by atoms with Crippen molar-refractivity contribution in [2.75, 3.05) is 13.1 Å². The third-order valence-electron chi connectivity index (χ3n) is 1.71. The molecule has 1 rings (SSSR count). The highest BCUT2D eigenvalue weighted by atomic mass is 19.4. The zero-order valence-corrected chi connectivity index (χ0v) is 5.62. The van der Waals surface area contributed by atoms with Crippen molar-refractivity contribution >= 4 is 0 Å². The fourth-order valence-electron chi connectivity index (χ4n) is 1.15. The lowest BCUT2D eigenvalue weighted by Gasteiger charge is -2.27. The molecule has 0 aromatic heterocycles. The van der Waals surface area contributed by atoms with Crippen molar-refractivity contribution in [2.24, 2.45) is 0 Å². The zero-order valence-electron chi connectivity index (χ0n) is 5.62. The van der Waals surface area contributed by atoms with Gasteiger partial charge in [0.1, 0.15) is 0 Å². The molecule has 0 spiro atoms. The number of nitrogens with zero attached hydrogens (tertiary/aromatic N) is 1. The number of likely N-dealkylation sites (tertiary alicyclic amines) is 1. The number of alkyl halides is 3. The zero-order chi connectivity index (χ0) is 7.61. The minimum atomic E-state index is -4.10. The van der Waals surface area contributed by atoms with Gasteiger partial charge in [0.15, 0.2) is 0 Å². The monoisotopic (exact) mass is 153 g/mol. The minimum absolute atomic E-state index is 0.184. The van der Waals surface area contributed by atoms with Gasteiger partial charge in [-0.1, -0.05) is 6.42 Å². The van der Waals surface area contributed by atoms with Crippen LogP contribution in [0, 0.1) is 0 Å². The number of rotatable bonds is 0. The van der Waals surface area contributed by atoms with E-state index in [0.29, 0.717) is 17.7 Å². The van der Waals surface area contributed by atoms with Gasteiger partial charge in [-0.15, -0.1) is 0 Å². The van der Waals surface area contributed by atoms with Crippen molar-refractivity contribution < 1.29 is 13.2 Å². The Kier molecular flexibility index (Phi) is 2.18. The summed E-state index contributed by atoms with van der Waals surface area (Å²) >= 11 is 0. The summed E-state index contributed by atoms with van der Waals surface area (Å²) in [6.45, 7) is 0.368. The molecule has 0 bridgehead atoms. The Balaban J connectivity index is 2.39. The molecule has 1 aliphatic rings. The van der Waals surface area contributed by atoms with Crippen LogP contribution in [0.4, 0.5) is 13.2 Å². The van der Waals surface area contributed by atoms with Gasteiger partial charge in [-0.25, -0.2) is 4.90 Å². The topological polar surface area (TPSA) is 3.24 Å². The summed E-state index contributed by atoms with van der Waals surface area (Å²) in [5, 5.41) is 0. The smallest absolute Gasteiger partial charge is 0.214 e. The molecule has 1 fully saturated rings. The Hall–Kier alpha value is -0.250. The molecule has 0 unspecified atom stereocenters. The molecule has 1 heterocycles. The van der Waals surface area contributed by atoms with Crippen LogP contribution in [-0.4, -0.2) is 24.3 Å². The summed E-state index contributed by atoms with van der Waals surface area (Å²) in [7, 11) is 0. The first-order valence-corrected chi connectivity index (χ1v) is 3.42. The van der Waals surface area contributed by atoms with Gasteiger partial charge in [0.25, 0.3) is 0 Å². The molecule has 1 nitrogen and oxygen atoms in total. The van der Waals surface area contributed by atoms with Gasteiger partial charge in [-0.2, -0.15) is 13.2 Å². The van der Waals surface area contributed by atoms with Gasteiger partial charge < -0.3 is 0 Å². The number of piperidine rings is 1. The summed E-state index contributed by atoms with van der Waals surface area (Å²) < 4.78 is 35.6. The molecule has 10 heavy (non-hydrogen) atoms. The van der Waals surface area contributed by atoms with Gasteiger partial charge >= 0.3 is 6.30 Å². The van der Waals surface area contributed by atoms with Gasteiger partial charge in [0, 0.05) is 13.1 Å². The van der Waals surface area contributed by atoms with Crippen molar-refractivity contribution in [3.63, 3.8) is 0 Å². The van der Waals surface area contributed by atoms with Crippen LogP contribution < -0.4 is 0 Å². The highest BCUT2D eigenvalue weighted by Gasteiger charge is 2.37. The fourth-order valence-corrected chi connectivity index (χ4v) is 1.15. The number of hydrogen-bond donors (Lipinski definition) is 0. The molecule has 0 aliphatic carbocycles. The van der Waals surface area contributed by atoms with Crippen LogP contribution in [0.2, 0.25) is 0 Å². The number of halogens is 3. The molecule has 1 aliphatic heterocycles. The van der Waals surface area contributed by atoms with Crippen molar-refractivity contribution in [2.45, 2.75) is 25.6 Å². The van der Waals surface area contributed by atoms with E-state index in [-0.39, 0.29) is 13.1 Å². The summed E-state index contributed by atoms with van der Waals surface area (Å²) in [6, 6.07) is 0. The second kappa shape index (κ2) is 2.78. The van der Waals surface area contributed by atoms with E-state index in [1.165, 1.54) is 0 Å². The van der Waals surface area contributed by atoms with E-state index in [0.717, 1.165) is 6.42 Å². The van der Waals surface area contributed by atoms with E-state index in [1.54, 1.807) is 0 Å². The Labute approximate surface area is 57.8 Å². The Morgan fingerprint density at radius 2 is 1.40 bits per heavy atom. The standard InChI is InChI=1S/C6H10F3N/c7-6(8,9)10-4-2-1-3-5-10/h1-5H2. The van der Waals surface area contributed by atoms with Crippen LogP contribution in [0.5, 0.6) is 0 Å². The molecular formula is C6H10F3N. The highest BCUT2D eigenvalue weighted by molar-refractivity contribution is 4.65. The first-order valence-electron chi connectivity index (χ1n) is 3.42. The normalized spacial score (nSPS) is 23.1. The van der Waals surface area contributed by atoms with E-state index < -0.39 is 6.30 Å². The van der Waals surface area contributed by atoms with Crippen LogP contribution in [0.1, 0.15) is 19.3 Å². The van der Waals surface area contributed by atoms with Crippen LogP contribution in [0.3, 0.4) is 0 Å².